The van der Waals surface area contributed by atoms with Crippen molar-refractivity contribution in [3.8, 4) is 0 Å². The van der Waals surface area contributed by atoms with Crippen LogP contribution in [0.15, 0.2) is 0 Å². The van der Waals surface area contributed by atoms with Crippen LogP contribution in [0.2, 0.25) is 0 Å². The minimum atomic E-state index is -2.68. The molecule has 0 aromatic rings. The van der Waals surface area contributed by atoms with Gasteiger partial charge in [-0.25, -0.2) is 8.78 Å². The van der Waals surface area contributed by atoms with Gasteiger partial charge in [0.1, 0.15) is 0 Å². The van der Waals surface area contributed by atoms with E-state index in [0.717, 1.165) is 0 Å². The fraction of sp³-hybridized carbons (Fsp3) is 0.857. The van der Waals surface area contributed by atoms with Crippen LogP contribution in [-0.2, 0) is 4.79 Å². The Hall–Kier alpha value is -0.670. The van der Waals surface area contributed by atoms with Crippen molar-refractivity contribution in [1.82, 2.24) is 0 Å². The maximum atomic E-state index is 12.6. The van der Waals surface area contributed by atoms with Gasteiger partial charge in [0.25, 0.3) is 0 Å². The molecule has 2 nitrogen and oxygen atoms in total. The van der Waals surface area contributed by atoms with Crippen molar-refractivity contribution in [2.24, 2.45) is 17.6 Å². The third-order valence-corrected chi connectivity index (χ3v) is 2.19. The maximum absolute atomic E-state index is 12.6. The van der Waals surface area contributed by atoms with Crippen LogP contribution in [0.25, 0.3) is 0 Å². The zero-order valence-corrected chi connectivity index (χ0v) is 6.31. The maximum Gasteiger partial charge on any atom is 0.249 e. The largest absolute Gasteiger partial charge is 0.369 e. The third kappa shape index (κ3) is 1.67. The van der Waals surface area contributed by atoms with Gasteiger partial charge in [-0.2, -0.15) is 0 Å². The van der Waals surface area contributed by atoms with Crippen LogP contribution < -0.4 is 5.73 Å². The first-order valence-corrected chi connectivity index (χ1v) is 3.59. The number of carbonyl (C=O) groups is 1. The molecule has 0 aromatic heterocycles. The Morgan fingerprint density at radius 1 is 1.55 bits per heavy atom. The Morgan fingerprint density at radius 2 is 2.09 bits per heavy atom. The Kier molecular flexibility index (Phi) is 1.86. The lowest BCUT2D eigenvalue weighted by atomic mass is 9.98. The number of hydrogen-bond donors (Lipinski definition) is 1. The smallest absolute Gasteiger partial charge is 0.249 e. The van der Waals surface area contributed by atoms with Crippen molar-refractivity contribution in [1.29, 1.82) is 0 Å². The molecule has 0 heterocycles. The molecule has 2 atom stereocenters. The highest BCUT2D eigenvalue weighted by Crippen LogP contribution is 2.42. The van der Waals surface area contributed by atoms with Gasteiger partial charge in [-0.05, 0) is 5.92 Å². The number of amides is 1. The molecule has 2 unspecified atom stereocenters. The van der Waals surface area contributed by atoms with Crippen LogP contribution >= 0.6 is 0 Å². The van der Waals surface area contributed by atoms with Gasteiger partial charge in [-0.15, -0.1) is 0 Å². The molecule has 1 rings (SSSR count). The molecule has 0 saturated heterocycles. The molecule has 0 radical (unpaired) electrons. The van der Waals surface area contributed by atoms with Gasteiger partial charge >= 0.3 is 0 Å². The molecular weight excluding hydrogens is 152 g/mol. The molecule has 0 aromatic carbocycles. The SMILES string of the molecule is CC1CC(F)(F)CC1C(N)=O. The highest BCUT2D eigenvalue weighted by molar-refractivity contribution is 5.77. The number of nitrogens with two attached hydrogens (primary N) is 1. The van der Waals surface area contributed by atoms with Gasteiger partial charge in [-0.1, -0.05) is 6.92 Å². The fourth-order valence-corrected chi connectivity index (χ4v) is 1.60. The first-order valence-electron chi connectivity index (χ1n) is 3.59. The van der Waals surface area contributed by atoms with Crippen LogP contribution in [0.4, 0.5) is 8.78 Å². The third-order valence-electron chi connectivity index (χ3n) is 2.19. The van der Waals surface area contributed by atoms with Crippen molar-refractivity contribution in [2.45, 2.75) is 25.7 Å². The number of halogens is 2. The van der Waals surface area contributed by atoms with E-state index in [2.05, 4.69) is 0 Å². The lowest BCUT2D eigenvalue weighted by Gasteiger charge is -2.07. The second-order valence-corrected chi connectivity index (χ2v) is 3.25. The van der Waals surface area contributed by atoms with Gasteiger partial charge in [0.05, 0.1) is 0 Å². The van der Waals surface area contributed by atoms with Gasteiger partial charge in [0.15, 0.2) is 0 Å². The second-order valence-electron chi connectivity index (χ2n) is 3.25. The lowest BCUT2D eigenvalue weighted by molar-refractivity contribution is -0.123. The molecule has 2 N–H and O–H groups in total. The Labute approximate surface area is 63.8 Å². The minimum Gasteiger partial charge on any atom is -0.369 e. The summed E-state index contributed by atoms with van der Waals surface area (Å²) >= 11 is 0. The van der Waals surface area contributed by atoms with Crippen molar-refractivity contribution < 1.29 is 13.6 Å². The summed E-state index contributed by atoms with van der Waals surface area (Å²) in [4.78, 5) is 10.6. The fourth-order valence-electron chi connectivity index (χ4n) is 1.60. The first-order chi connectivity index (χ1) is 4.92. The minimum absolute atomic E-state index is 0.208. The molecule has 1 amide bonds. The summed E-state index contributed by atoms with van der Waals surface area (Å²) in [6.45, 7) is 1.64. The quantitative estimate of drug-likeness (QED) is 0.619. The van der Waals surface area contributed by atoms with E-state index in [4.69, 9.17) is 5.73 Å². The molecule has 4 heteroatoms. The van der Waals surface area contributed by atoms with Crippen LogP contribution in [0.3, 0.4) is 0 Å². The first kappa shape index (κ1) is 8.43. The summed E-state index contributed by atoms with van der Waals surface area (Å²) in [6, 6.07) is 0. The molecule has 1 aliphatic rings. The molecule has 0 bridgehead atoms. The standard InChI is InChI=1S/C7H11F2NO/c1-4-2-7(8,9)3-5(4)6(10)11/h4-5H,2-3H2,1H3,(H2,10,11). The number of primary amides is 1. The van der Waals surface area contributed by atoms with E-state index in [1.165, 1.54) is 0 Å². The zero-order chi connectivity index (χ0) is 8.65. The van der Waals surface area contributed by atoms with Gasteiger partial charge in [0, 0.05) is 18.8 Å². The van der Waals surface area contributed by atoms with E-state index in [9.17, 15) is 13.6 Å². The Bertz CT molecular complexity index is 181. The predicted molar refractivity (Wildman–Crippen MR) is 36.0 cm³/mol. The summed E-state index contributed by atoms with van der Waals surface area (Å²) in [7, 11) is 0. The van der Waals surface area contributed by atoms with E-state index in [1.54, 1.807) is 6.92 Å². The number of carbonyl (C=O) groups excluding carboxylic acids is 1. The Balaban J connectivity index is 2.66. The Morgan fingerprint density at radius 3 is 2.27 bits per heavy atom. The van der Waals surface area contributed by atoms with Crippen LogP contribution in [0.5, 0.6) is 0 Å². The van der Waals surface area contributed by atoms with Gasteiger partial charge in [0.2, 0.25) is 11.8 Å². The number of alkyl halides is 2. The monoisotopic (exact) mass is 163 g/mol. The van der Waals surface area contributed by atoms with Crippen LogP contribution in [0.1, 0.15) is 19.8 Å². The molecular formula is C7H11F2NO. The van der Waals surface area contributed by atoms with Crippen molar-refractivity contribution >= 4 is 5.91 Å². The highest BCUT2D eigenvalue weighted by Gasteiger charge is 2.46. The van der Waals surface area contributed by atoms with Gasteiger partial charge in [-0.3, -0.25) is 4.79 Å². The second kappa shape index (κ2) is 2.43. The molecule has 1 saturated carbocycles. The number of rotatable bonds is 1. The molecule has 0 aliphatic heterocycles. The number of hydrogen-bond acceptors (Lipinski definition) is 1. The zero-order valence-electron chi connectivity index (χ0n) is 6.31. The van der Waals surface area contributed by atoms with Gasteiger partial charge < -0.3 is 5.73 Å². The van der Waals surface area contributed by atoms with E-state index in [-0.39, 0.29) is 18.8 Å². The summed E-state index contributed by atoms with van der Waals surface area (Å²) in [5, 5.41) is 0. The van der Waals surface area contributed by atoms with Crippen molar-refractivity contribution in [3.05, 3.63) is 0 Å². The van der Waals surface area contributed by atoms with Crippen LogP contribution in [0, 0.1) is 11.8 Å². The average Bonchev–Trinajstić information content (AvgIpc) is 2.05. The van der Waals surface area contributed by atoms with Crippen molar-refractivity contribution in [3.63, 3.8) is 0 Å². The average molecular weight is 163 g/mol. The predicted octanol–water partition coefficient (Wildman–Crippen LogP) is 1.15. The molecule has 0 spiro atoms. The highest BCUT2D eigenvalue weighted by atomic mass is 19.3. The lowest BCUT2D eigenvalue weighted by Crippen LogP contribution is -2.25. The van der Waals surface area contributed by atoms with E-state index < -0.39 is 17.7 Å². The summed E-state index contributed by atoms with van der Waals surface area (Å²) < 4.78 is 25.2. The molecule has 64 valence electrons. The summed E-state index contributed by atoms with van der Waals surface area (Å²) in [6.07, 6.45) is -0.579. The van der Waals surface area contributed by atoms with E-state index in [0.29, 0.717) is 0 Å². The van der Waals surface area contributed by atoms with E-state index in [1.807, 2.05) is 0 Å². The summed E-state index contributed by atoms with van der Waals surface area (Å²) in [5.41, 5.74) is 4.94. The molecule has 1 fully saturated rings. The topological polar surface area (TPSA) is 43.1 Å². The van der Waals surface area contributed by atoms with Crippen LogP contribution in [-0.4, -0.2) is 11.8 Å². The van der Waals surface area contributed by atoms with Crippen molar-refractivity contribution in [2.75, 3.05) is 0 Å². The summed E-state index contributed by atoms with van der Waals surface area (Å²) in [5.74, 6) is -4.19. The molecule has 11 heavy (non-hydrogen) atoms. The molecule has 1 aliphatic carbocycles. The van der Waals surface area contributed by atoms with E-state index >= 15 is 0 Å². The normalized spacial score (nSPS) is 35.5.